The van der Waals surface area contributed by atoms with Crippen molar-refractivity contribution in [2.75, 3.05) is 6.61 Å². The van der Waals surface area contributed by atoms with Crippen molar-refractivity contribution < 1.29 is 19.4 Å². The molecule has 4 nitrogen and oxygen atoms in total. The number of phenolic OH excluding ortho intramolecular Hbond substituents is 1. The summed E-state index contributed by atoms with van der Waals surface area (Å²) in [6.07, 6.45) is 0.682. The molecule has 3 rings (SSSR count). The molecule has 2 aromatic carbocycles. The number of ether oxygens (including phenoxy) is 2. The van der Waals surface area contributed by atoms with Gasteiger partial charge in [0.15, 0.2) is 0 Å². The summed E-state index contributed by atoms with van der Waals surface area (Å²) in [5.41, 5.74) is 4.77. The number of benzene rings is 2. The van der Waals surface area contributed by atoms with Gasteiger partial charge in [-0.15, -0.1) is 0 Å². The Bertz CT molecular complexity index is 797. The Hall–Kier alpha value is -2.49. The van der Waals surface area contributed by atoms with Gasteiger partial charge in [0.25, 0.3) is 0 Å². The Morgan fingerprint density at radius 3 is 2.40 bits per heavy atom. The summed E-state index contributed by atoms with van der Waals surface area (Å²) in [5.74, 6) is 0.897. The fourth-order valence-corrected chi connectivity index (χ4v) is 3.45. The lowest BCUT2D eigenvalue weighted by molar-refractivity contribution is 0.0526. The van der Waals surface area contributed by atoms with Crippen molar-refractivity contribution in [3.05, 3.63) is 57.6 Å². The van der Waals surface area contributed by atoms with Crippen LogP contribution in [0.25, 0.3) is 0 Å². The Balaban J connectivity index is 1.95. The van der Waals surface area contributed by atoms with Crippen LogP contribution in [0.4, 0.5) is 0 Å². The lowest BCUT2D eigenvalue weighted by atomic mass is 9.88. The predicted octanol–water partition coefficient (Wildman–Crippen LogP) is 4.34. The van der Waals surface area contributed by atoms with Crippen LogP contribution in [-0.4, -0.2) is 17.7 Å². The van der Waals surface area contributed by atoms with Gasteiger partial charge >= 0.3 is 5.97 Å². The fraction of sp³-hybridized carbons (Fsp3) is 0.381. The topological polar surface area (TPSA) is 55.8 Å². The molecule has 132 valence electrons. The van der Waals surface area contributed by atoms with E-state index in [0.717, 1.165) is 33.6 Å². The van der Waals surface area contributed by atoms with E-state index in [1.165, 1.54) is 0 Å². The van der Waals surface area contributed by atoms with Crippen LogP contribution in [0.5, 0.6) is 11.5 Å². The number of hydrogen-bond donors (Lipinski definition) is 1. The molecule has 0 amide bonds. The summed E-state index contributed by atoms with van der Waals surface area (Å²) in [6.45, 7) is 10.0. The van der Waals surface area contributed by atoms with Gasteiger partial charge in [-0.2, -0.15) is 0 Å². The Morgan fingerprint density at radius 2 is 1.80 bits per heavy atom. The summed E-state index contributed by atoms with van der Waals surface area (Å²) >= 11 is 0. The first-order valence-corrected chi connectivity index (χ1v) is 8.56. The van der Waals surface area contributed by atoms with E-state index in [1.54, 1.807) is 19.1 Å². The molecular formula is C21H24O4. The van der Waals surface area contributed by atoms with Gasteiger partial charge in [0.2, 0.25) is 0 Å². The van der Waals surface area contributed by atoms with E-state index in [0.29, 0.717) is 24.3 Å². The number of carbonyl (C=O) groups is 1. The number of hydrogen-bond acceptors (Lipinski definition) is 4. The molecule has 1 aliphatic rings. The maximum Gasteiger partial charge on any atom is 0.338 e. The van der Waals surface area contributed by atoms with E-state index < -0.39 is 5.60 Å². The van der Waals surface area contributed by atoms with Crippen LogP contribution < -0.4 is 4.74 Å². The third-order valence-electron chi connectivity index (χ3n) is 5.19. The molecule has 1 atom stereocenters. The monoisotopic (exact) mass is 340 g/mol. The summed E-state index contributed by atoms with van der Waals surface area (Å²) in [4.78, 5) is 11.8. The van der Waals surface area contributed by atoms with E-state index in [1.807, 2.05) is 39.8 Å². The molecule has 2 aromatic rings. The molecule has 0 aromatic heterocycles. The molecule has 1 heterocycles. The second kappa shape index (κ2) is 6.10. The number of rotatable bonds is 3. The molecule has 0 radical (unpaired) electrons. The van der Waals surface area contributed by atoms with Crippen LogP contribution in [0.1, 0.15) is 52.0 Å². The third kappa shape index (κ3) is 2.76. The first kappa shape index (κ1) is 17.3. The second-order valence-corrected chi connectivity index (χ2v) is 6.84. The third-order valence-corrected chi connectivity index (χ3v) is 5.19. The molecule has 0 bridgehead atoms. The second-order valence-electron chi connectivity index (χ2n) is 6.84. The van der Waals surface area contributed by atoms with E-state index >= 15 is 0 Å². The molecule has 4 heteroatoms. The van der Waals surface area contributed by atoms with Gasteiger partial charge in [0.1, 0.15) is 17.1 Å². The molecular weight excluding hydrogens is 316 g/mol. The largest absolute Gasteiger partial charge is 0.507 e. The van der Waals surface area contributed by atoms with Gasteiger partial charge in [-0.25, -0.2) is 4.79 Å². The molecule has 0 aliphatic carbocycles. The highest BCUT2D eigenvalue weighted by molar-refractivity contribution is 5.89. The standard InChI is InChI=1S/C21H24O4/c1-6-24-20(23)15-7-9-16(10-8-15)21(5)11-17-14(4)18(22)12(2)13(3)19(17)25-21/h7-10,22H,6,11H2,1-5H3. The van der Waals surface area contributed by atoms with Crippen LogP contribution in [0, 0.1) is 20.8 Å². The molecule has 1 unspecified atom stereocenters. The van der Waals surface area contributed by atoms with Gasteiger partial charge in [-0.1, -0.05) is 12.1 Å². The van der Waals surface area contributed by atoms with Crippen molar-refractivity contribution in [3.8, 4) is 11.5 Å². The molecule has 1 N–H and O–H groups in total. The van der Waals surface area contributed by atoms with Crippen LogP contribution in [0.2, 0.25) is 0 Å². The molecule has 0 spiro atoms. The zero-order valence-corrected chi connectivity index (χ0v) is 15.4. The van der Waals surface area contributed by atoms with Gasteiger partial charge in [0, 0.05) is 12.0 Å². The summed E-state index contributed by atoms with van der Waals surface area (Å²) in [5, 5.41) is 10.3. The highest BCUT2D eigenvalue weighted by Crippen LogP contribution is 2.48. The van der Waals surface area contributed by atoms with Crippen molar-refractivity contribution in [1.82, 2.24) is 0 Å². The van der Waals surface area contributed by atoms with Crippen molar-refractivity contribution in [2.24, 2.45) is 0 Å². The quantitative estimate of drug-likeness (QED) is 0.844. The van der Waals surface area contributed by atoms with Crippen molar-refractivity contribution in [2.45, 2.75) is 46.6 Å². The zero-order valence-electron chi connectivity index (χ0n) is 15.4. The average molecular weight is 340 g/mol. The van der Waals surface area contributed by atoms with Gasteiger partial charge in [0.05, 0.1) is 12.2 Å². The lowest BCUT2D eigenvalue weighted by Crippen LogP contribution is -2.27. The smallest absolute Gasteiger partial charge is 0.338 e. The van der Waals surface area contributed by atoms with Crippen molar-refractivity contribution in [1.29, 1.82) is 0 Å². The Kier molecular flexibility index (Phi) is 4.23. The van der Waals surface area contributed by atoms with Gasteiger partial charge < -0.3 is 14.6 Å². The van der Waals surface area contributed by atoms with Crippen LogP contribution in [0.15, 0.2) is 24.3 Å². The number of fused-ring (bicyclic) bond motifs is 1. The van der Waals surface area contributed by atoms with Crippen LogP contribution in [-0.2, 0) is 16.8 Å². The summed E-state index contributed by atoms with van der Waals surface area (Å²) in [6, 6.07) is 7.37. The van der Waals surface area contributed by atoms with Crippen molar-refractivity contribution >= 4 is 5.97 Å². The minimum atomic E-state index is -0.523. The Morgan fingerprint density at radius 1 is 1.16 bits per heavy atom. The number of aromatic hydroxyl groups is 1. The molecule has 1 aliphatic heterocycles. The number of phenols is 1. The molecule has 0 saturated carbocycles. The van der Waals surface area contributed by atoms with E-state index in [-0.39, 0.29) is 5.97 Å². The van der Waals surface area contributed by atoms with E-state index in [4.69, 9.17) is 9.47 Å². The van der Waals surface area contributed by atoms with E-state index in [9.17, 15) is 9.90 Å². The average Bonchev–Trinajstić information content (AvgIpc) is 2.98. The minimum Gasteiger partial charge on any atom is -0.507 e. The normalized spacial score (nSPS) is 18.6. The highest BCUT2D eigenvalue weighted by Gasteiger charge is 2.39. The highest BCUT2D eigenvalue weighted by atomic mass is 16.5. The fourth-order valence-electron chi connectivity index (χ4n) is 3.45. The minimum absolute atomic E-state index is 0.318. The SMILES string of the molecule is CCOC(=O)c1ccc(C2(C)Cc3c(C)c(O)c(C)c(C)c3O2)cc1. The van der Waals surface area contributed by atoms with Crippen LogP contribution >= 0.6 is 0 Å². The first-order valence-electron chi connectivity index (χ1n) is 8.56. The van der Waals surface area contributed by atoms with Gasteiger partial charge in [-0.3, -0.25) is 0 Å². The maximum absolute atomic E-state index is 11.8. The van der Waals surface area contributed by atoms with E-state index in [2.05, 4.69) is 0 Å². The first-order chi connectivity index (χ1) is 11.8. The maximum atomic E-state index is 11.8. The van der Waals surface area contributed by atoms with Crippen molar-refractivity contribution in [3.63, 3.8) is 0 Å². The Labute approximate surface area is 148 Å². The summed E-state index contributed by atoms with van der Waals surface area (Å²) < 4.78 is 11.4. The van der Waals surface area contributed by atoms with Crippen LogP contribution in [0.3, 0.4) is 0 Å². The van der Waals surface area contributed by atoms with Gasteiger partial charge in [-0.05, 0) is 69.0 Å². The number of esters is 1. The zero-order chi connectivity index (χ0) is 18.4. The predicted molar refractivity (Wildman–Crippen MR) is 96.4 cm³/mol. The lowest BCUT2D eigenvalue weighted by Gasteiger charge is -2.25. The molecule has 25 heavy (non-hydrogen) atoms. The summed E-state index contributed by atoms with van der Waals surface area (Å²) in [7, 11) is 0. The molecule has 0 fully saturated rings. The number of carbonyl (C=O) groups excluding carboxylic acids is 1. The molecule has 0 saturated heterocycles.